The Balaban J connectivity index is 0.000000614. The third-order valence-electron chi connectivity index (χ3n) is 4.66. The van der Waals surface area contributed by atoms with Crippen molar-refractivity contribution in [1.82, 2.24) is 25.2 Å². The molecule has 10 nitrogen and oxygen atoms in total. The second kappa shape index (κ2) is 9.68. The number of hydrogen-bond acceptors (Lipinski definition) is 7. The smallest absolute Gasteiger partial charge is 0.408 e. The molecule has 0 saturated carbocycles. The van der Waals surface area contributed by atoms with Crippen molar-refractivity contribution in [3.63, 3.8) is 0 Å². The molecular formula is C19H30ClN5O5S. The molecule has 0 aromatic carbocycles. The Kier molecular flexibility index (Phi) is 7.90. The lowest BCUT2D eigenvalue weighted by Gasteiger charge is -2.40. The lowest BCUT2D eigenvalue weighted by molar-refractivity contribution is 0.0402. The number of aromatic amines is 1. The highest BCUT2D eigenvalue weighted by atomic mass is 35.5. The summed E-state index contributed by atoms with van der Waals surface area (Å²) in [7, 11) is -3.67. The number of ether oxygens (including phenoxy) is 1. The first-order valence-electron chi connectivity index (χ1n) is 9.78. The van der Waals surface area contributed by atoms with Gasteiger partial charge in [0.1, 0.15) is 22.7 Å². The Morgan fingerprint density at radius 3 is 2.48 bits per heavy atom. The second-order valence-corrected chi connectivity index (χ2v) is 10.7. The molecule has 1 aliphatic rings. The van der Waals surface area contributed by atoms with Crippen molar-refractivity contribution in [2.45, 2.75) is 58.2 Å². The van der Waals surface area contributed by atoms with E-state index in [1.165, 1.54) is 6.33 Å². The Labute approximate surface area is 187 Å². The summed E-state index contributed by atoms with van der Waals surface area (Å²) in [5, 5.41) is 4.39. The van der Waals surface area contributed by atoms with Crippen LogP contribution in [0.3, 0.4) is 0 Å². The number of H-pyrrole nitrogens is 1. The van der Waals surface area contributed by atoms with Crippen LogP contribution in [-0.2, 0) is 21.4 Å². The van der Waals surface area contributed by atoms with E-state index in [-0.39, 0.29) is 11.6 Å². The molecule has 174 valence electrons. The molecule has 12 heteroatoms. The van der Waals surface area contributed by atoms with Gasteiger partial charge in [-0.1, -0.05) is 11.6 Å². The molecule has 3 heterocycles. The van der Waals surface area contributed by atoms with Gasteiger partial charge >= 0.3 is 6.09 Å². The maximum absolute atomic E-state index is 12.1. The predicted molar refractivity (Wildman–Crippen MR) is 119 cm³/mol. The molecule has 2 aromatic rings. The van der Waals surface area contributed by atoms with Crippen molar-refractivity contribution in [3.05, 3.63) is 23.2 Å². The SMILES string of the molecule is CC1(NC(=O)OC(C)(C)C)CCN(Cc2c[nH]c3ncnc(Cl)c23)CC1.CS(=O)(=O)O. The highest BCUT2D eigenvalue weighted by Crippen LogP contribution is 2.27. The van der Waals surface area contributed by atoms with Gasteiger partial charge < -0.3 is 15.0 Å². The monoisotopic (exact) mass is 475 g/mol. The van der Waals surface area contributed by atoms with E-state index in [4.69, 9.17) is 20.9 Å². The Bertz CT molecular complexity index is 1000. The standard InChI is InChI=1S/C18H26ClN5O2.CH4O3S/c1-17(2,3)26-16(25)23-18(4)5-7-24(8-6-18)10-12-9-20-15-13(12)14(19)21-11-22-15;1-5(2,3)4/h9,11H,5-8,10H2,1-4H3,(H,23,25)(H,20,21,22);1H3,(H,2,3,4). The molecule has 1 fully saturated rings. The number of halogens is 1. The number of hydrogen-bond donors (Lipinski definition) is 3. The largest absolute Gasteiger partial charge is 0.444 e. The minimum absolute atomic E-state index is 0.250. The minimum Gasteiger partial charge on any atom is -0.444 e. The summed E-state index contributed by atoms with van der Waals surface area (Å²) in [6, 6.07) is 0. The topological polar surface area (TPSA) is 138 Å². The van der Waals surface area contributed by atoms with Crippen LogP contribution < -0.4 is 5.32 Å². The second-order valence-electron chi connectivity index (χ2n) is 8.90. The van der Waals surface area contributed by atoms with Crippen molar-refractivity contribution in [1.29, 1.82) is 0 Å². The average molecular weight is 476 g/mol. The van der Waals surface area contributed by atoms with Crippen LogP contribution in [-0.4, -0.2) is 69.4 Å². The molecule has 2 aromatic heterocycles. The summed E-state index contributed by atoms with van der Waals surface area (Å²) in [6.07, 6.45) is 5.48. The first kappa shape index (κ1) is 25.3. The number of amides is 1. The Hall–Kier alpha value is -1.95. The van der Waals surface area contributed by atoms with Crippen molar-refractivity contribution in [2.75, 3.05) is 19.3 Å². The van der Waals surface area contributed by atoms with Gasteiger partial charge in [0.05, 0.1) is 11.6 Å². The van der Waals surface area contributed by atoms with Crippen LogP contribution in [0.4, 0.5) is 4.79 Å². The van der Waals surface area contributed by atoms with E-state index in [2.05, 4.69) is 32.1 Å². The van der Waals surface area contributed by atoms with E-state index in [9.17, 15) is 13.2 Å². The third kappa shape index (κ3) is 8.60. The minimum atomic E-state index is -3.67. The number of alkyl carbamates (subject to hydrolysis) is 1. The third-order valence-corrected chi connectivity index (χ3v) is 4.95. The molecule has 0 aliphatic carbocycles. The normalized spacial score (nSPS) is 17.0. The molecule has 1 aliphatic heterocycles. The van der Waals surface area contributed by atoms with Gasteiger partial charge in [0.15, 0.2) is 0 Å². The van der Waals surface area contributed by atoms with E-state index < -0.39 is 15.7 Å². The van der Waals surface area contributed by atoms with Gasteiger partial charge in [-0.3, -0.25) is 9.45 Å². The maximum Gasteiger partial charge on any atom is 0.408 e. The summed E-state index contributed by atoms with van der Waals surface area (Å²) < 4.78 is 31.3. The summed E-state index contributed by atoms with van der Waals surface area (Å²) in [5.41, 5.74) is 1.11. The first-order valence-corrected chi connectivity index (χ1v) is 12.0. The molecule has 0 radical (unpaired) electrons. The fraction of sp³-hybridized carbons (Fsp3) is 0.632. The van der Waals surface area contributed by atoms with Gasteiger partial charge in [-0.2, -0.15) is 8.42 Å². The fourth-order valence-electron chi connectivity index (χ4n) is 3.23. The van der Waals surface area contributed by atoms with Gasteiger partial charge in [-0.15, -0.1) is 0 Å². The van der Waals surface area contributed by atoms with Crippen LogP contribution in [0, 0.1) is 0 Å². The zero-order chi connectivity index (χ0) is 23.4. The highest BCUT2D eigenvalue weighted by Gasteiger charge is 2.33. The van der Waals surface area contributed by atoms with E-state index in [1.807, 2.05) is 27.0 Å². The van der Waals surface area contributed by atoms with Crippen LogP contribution in [0.2, 0.25) is 5.15 Å². The number of carbonyl (C=O) groups is 1. The number of aromatic nitrogens is 3. The summed E-state index contributed by atoms with van der Waals surface area (Å²) in [6.45, 7) is 10.2. The van der Waals surface area contributed by atoms with E-state index in [0.29, 0.717) is 11.4 Å². The van der Waals surface area contributed by atoms with E-state index in [0.717, 1.165) is 49.1 Å². The summed E-state index contributed by atoms with van der Waals surface area (Å²) in [4.78, 5) is 25.9. The van der Waals surface area contributed by atoms with Crippen molar-refractivity contribution >= 4 is 38.8 Å². The van der Waals surface area contributed by atoms with E-state index in [1.54, 1.807) is 0 Å². The molecule has 0 spiro atoms. The van der Waals surface area contributed by atoms with Crippen molar-refractivity contribution in [2.24, 2.45) is 0 Å². The Morgan fingerprint density at radius 1 is 1.35 bits per heavy atom. The number of nitrogens with one attached hydrogen (secondary N) is 2. The zero-order valence-corrected chi connectivity index (χ0v) is 20.0. The van der Waals surface area contributed by atoms with Gasteiger partial charge in [0.2, 0.25) is 0 Å². The van der Waals surface area contributed by atoms with Crippen molar-refractivity contribution in [3.8, 4) is 0 Å². The van der Waals surface area contributed by atoms with Gasteiger partial charge in [0.25, 0.3) is 10.1 Å². The molecule has 1 saturated heterocycles. The molecule has 0 atom stereocenters. The summed E-state index contributed by atoms with van der Waals surface area (Å²) >= 11 is 6.23. The molecule has 3 rings (SSSR count). The molecule has 31 heavy (non-hydrogen) atoms. The summed E-state index contributed by atoms with van der Waals surface area (Å²) in [5.74, 6) is 0. The van der Waals surface area contributed by atoms with Gasteiger partial charge in [-0.25, -0.2) is 14.8 Å². The van der Waals surface area contributed by atoms with Crippen LogP contribution in [0.25, 0.3) is 11.0 Å². The quantitative estimate of drug-likeness (QED) is 0.455. The lowest BCUT2D eigenvalue weighted by Crippen LogP contribution is -2.54. The number of nitrogens with zero attached hydrogens (tertiary/aromatic N) is 3. The number of piperidine rings is 1. The van der Waals surface area contributed by atoms with Gasteiger partial charge in [-0.05, 0) is 46.1 Å². The maximum atomic E-state index is 12.1. The molecule has 1 amide bonds. The van der Waals surface area contributed by atoms with Crippen molar-refractivity contribution < 1.29 is 22.5 Å². The zero-order valence-electron chi connectivity index (χ0n) is 18.4. The van der Waals surface area contributed by atoms with E-state index >= 15 is 0 Å². The Morgan fingerprint density at radius 2 is 1.94 bits per heavy atom. The molecule has 0 unspecified atom stereocenters. The molecular weight excluding hydrogens is 446 g/mol. The van der Waals surface area contributed by atoms with Gasteiger partial charge in [0, 0.05) is 31.4 Å². The fourth-order valence-corrected chi connectivity index (χ4v) is 3.49. The number of rotatable bonds is 3. The number of likely N-dealkylation sites (tertiary alicyclic amines) is 1. The van der Waals surface area contributed by atoms with Crippen LogP contribution in [0.1, 0.15) is 46.1 Å². The predicted octanol–water partition coefficient (Wildman–Crippen LogP) is 2.99. The molecule has 0 bridgehead atoms. The lowest BCUT2D eigenvalue weighted by atomic mass is 9.89. The van der Waals surface area contributed by atoms with Crippen LogP contribution in [0.15, 0.2) is 12.5 Å². The highest BCUT2D eigenvalue weighted by molar-refractivity contribution is 7.85. The average Bonchev–Trinajstić information content (AvgIpc) is 2.98. The first-order chi connectivity index (χ1) is 14.2. The van der Waals surface area contributed by atoms with Crippen LogP contribution in [0.5, 0.6) is 0 Å². The molecule has 3 N–H and O–H groups in total. The number of carbonyl (C=O) groups excluding carboxylic acids is 1. The number of fused-ring (bicyclic) bond motifs is 1. The van der Waals surface area contributed by atoms with Crippen LogP contribution >= 0.6 is 11.6 Å².